The summed E-state index contributed by atoms with van der Waals surface area (Å²) in [4.78, 5) is 15.5. The second kappa shape index (κ2) is 6.92. The first-order valence-corrected chi connectivity index (χ1v) is 5.41. The Morgan fingerprint density at radius 3 is 2.20 bits per heavy atom. The topological polar surface area (TPSA) is 54.5 Å². The number of hydrogen-bond acceptors (Lipinski definition) is 3. The number of rotatable bonds is 0. The summed E-state index contributed by atoms with van der Waals surface area (Å²) in [6, 6.07) is 0. The van der Waals surface area contributed by atoms with E-state index < -0.39 is 0 Å². The lowest BCUT2D eigenvalue weighted by atomic mass is 10.5. The van der Waals surface area contributed by atoms with Crippen molar-refractivity contribution in [2.24, 2.45) is 0 Å². The van der Waals surface area contributed by atoms with E-state index in [-0.39, 0.29) is 0 Å². The summed E-state index contributed by atoms with van der Waals surface area (Å²) in [5.74, 6) is 0.852. The normalized spacial score (nSPS) is 8.67. The number of imidazole rings is 1. The molecule has 0 saturated heterocycles. The number of nitrogens with one attached hydrogen (secondary N) is 1. The summed E-state index contributed by atoms with van der Waals surface area (Å²) in [7, 11) is 0. The summed E-state index contributed by atoms with van der Waals surface area (Å²) < 4.78 is 0. The molecule has 15 heavy (non-hydrogen) atoms. The molecule has 1 N–H and O–H groups in total. The van der Waals surface area contributed by atoms with Gasteiger partial charge in [0.15, 0.2) is 11.3 Å². The smallest absolute Gasteiger partial charge is 0.197 e. The van der Waals surface area contributed by atoms with Crippen LogP contribution < -0.4 is 0 Å². The van der Waals surface area contributed by atoms with Crippen molar-refractivity contribution in [3.8, 4) is 0 Å². The van der Waals surface area contributed by atoms with Gasteiger partial charge in [0, 0.05) is 0 Å². The molecule has 2 aromatic heterocycles. The highest BCUT2D eigenvalue weighted by Crippen LogP contribution is 2.04. The summed E-state index contributed by atoms with van der Waals surface area (Å²) in [5, 5.41) is 0. The fraction of sp³-hybridized carbons (Fsp3) is 0.545. The van der Waals surface area contributed by atoms with Gasteiger partial charge in [0.2, 0.25) is 0 Å². The lowest BCUT2D eigenvalue weighted by Gasteiger charge is -1.87. The van der Waals surface area contributed by atoms with Crippen LogP contribution in [0.25, 0.3) is 11.3 Å². The maximum absolute atomic E-state index is 4.22. The van der Waals surface area contributed by atoms with E-state index >= 15 is 0 Å². The lowest BCUT2D eigenvalue weighted by Crippen LogP contribution is -1.84. The van der Waals surface area contributed by atoms with Gasteiger partial charge in [0.05, 0.1) is 11.9 Å². The number of aryl methyl sites for hydroxylation is 2. The molecule has 0 bridgehead atoms. The number of H-pyrrole nitrogens is 1. The number of fused-ring (bicyclic) bond motifs is 1. The average molecular weight is 208 g/mol. The van der Waals surface area contributed by atoms with E-state index in [1.54, 1.807) is 6.20 Å². The van der Waals surface area contributed by atoms with Crippen molar-refractivity contribution in [2.45, 2.75) is 41.5 Å². The monoisotopic (exact) mass is 208 g/mol. The maximum atomic E-state index is 4.22. The highest BCUT2D eigenvalue weighted by atomic mass is 15.0. The predicted octanol–water partition coefficient (Wildman–Crippen LogP) is 3.02. The molecule has 4 nitrogen and oxygen atoms in total. The summed E-state index contributed by atoms with van der Waals surface area (Å²) in [6.45, 7) is 11.8. The van der Waals surface area contributed by atoms with Gasteiger partial charge >= 0.3 is 0 Å². The van der Waals surface area contributed by atoms with E-state index in [2.05, 4.69) is 19.9 Å². The molecule has 2 aromatic rings. The Labute approximate surface area is 91.2 Å². The van der Waals surface area contributed by atoms with Crippen LogP contribution in [-0.4, -0.2) is 19.9 Å². The van der Waals surface area contributed by atoms with Crippen LogP contribution in [0.5, 0.6) is 0 Å². The molecule has 0 aromatic carbocycles. The Kier molecular flexibility index (Phi) is 6.25. The van der Waals surface area contributed by atoms with Crippen molar-refractivity contribution in [3.63, 3.8) is 0 Å². The fourth-order valence-corrected chi connectivity index (χ4v) is 0.995. The summed E-state index contributed by atoms with van der Waals surface area (Å²) in [5.41, 5.74) is 2.36. The summed E-state index contributed by atoms with van der Waals surface area (Å²) in [6.07, 6.45) is 1.71. The maximum Gasteiger partial charge on any atom is 0.197 e. The van der Waals surface area contributed by atoms with Gasteiger partial charge in [-0.05, 0) is 13.8 Å². The zero-order valence-electron chi connectivity index (χ0n) is 10.4. The second-order valence-electron chi connectivity index (χ2n) is 2.51. The van der Waals surface area contributed by atoms with E-state index in [1.807, 2.05) is 41.5 Å². The third-order valence-electron chi connectivity index (χ3n) is 1.45. The third-order valence-corrected chi connectivity index (χ3v) is 1.45. The van der Waals surface area contributed by atoms with Crippen LogP contribution in [0.2, 0.25) is 0 Å². The zero-order valence-corrected chi connectivity index (χ0v) is 10.4. The highest BCUT2D eigenvalue weighted by Gasteiger charge is 1.99. The Balaban J connectivity index is 0.000000442. The molecule has 0 amide bonds. The minimum Gasteiger partial charge on any atom is -0.325 e. The van der Waals surface area contributed by atoms with Gasteiger partial charge in [-0.25, -0.2) is 15.0 Å². The Morgan fingerprint density at radius 1 is 1.00 bits per heavy atom. The van der Waals surface area contributed by atoms with E-state index in [1.165, 1.54) is 0 Å². The van der Waals surface area contributed by atoms with Crippen molar-refractivity contribution < 1.29 is 0 Å². The van der Waals surface area contributed by atoms with E-state index in [9.17, 15) is 0 Å². The molecule has 0 atom stereocenters. The van der Waals surface area contributed by atoms with Crippen molar-refractivity contribution >= 4 is 11.3 Å². The van der Waals surface area contributed by atoms with Gasteiger partial charge in [-0.1, -0.05) is 27.7 Å². The van der Waals surface area contributed by atoms with Gasteiger partial charge < -0.3 is 4.98 Å². The van der Waals surface area contributed by atoms with Crippen LogP contribution >= 0.6 is 0 Å². The SMILES string of the molecule is CC.CC.Cc1cnc2nc(C)[nH]c2n1. The van der Waals surface area contributed by atoms with E-state index in [4.69, 9.17) is 0 Å². The van der Waals surface area contributed by atoms with E-state index in [0.717, 1.165) is 17.2 Å². The van der Waals surface area contributed by atoms with Crippen LogP contribution in [0.3, 0.4) is 0 Å². The predicted molar refractivity (Wildman–Crippen MR) is 63.9 cm³/mol. The molecule has 0 unspecified atom stereocenters. The first-order chi connectivity index (χ1) is 7.25. The average Bonchev–Trinajstić information content (AvgIpc) is 2.63. The van der Waals surface area contributed by atoms with Crippen LogP contribution in [0.1, 0.15) is 39.2 Å². The quantitative estimate of drug-likeness (QED) is 0.724. The number of aromatic amines is 1. The molecule has 4 heteroatoms. The second-order valence-corrected chi connectivity index (χ2v) is 2.51. The molecule has 2 rings (SSSR count). The molecule has 0 saturated carbocycles. The lowest BCUT2D eigenvalue weighted by molar-refractivity contribution is 1.15. The Bertz CT molecular complexity index is 392. The van der Waals surface area contributed by atoms with Crippen LogP contribution in [0, 0.1) is 13.8 Å². The molecule has 84 valence electrons. The molecule has 0 aliphatic rings. The minimum absolute atomic E-state index is 0.688. The first-order valence-electron chi connectivity index (χ1n) is 5.41. The molecule has 2 heterocycles. The van der Waals surface area contributed by atoms with Crippen LogP contribution in [-0.2, 0) is 0 Å². The van der Waals surface area contributed by atoms with Gasteiger partial charge in [-0.2, -0.15) is 0 Å². The number of nitrogens with zero attached hydrogens (tertiary/aromatic N) is 3. The van der Waals surface area contributed by atoms with Gasteiger partial charge in [0.25, 0.3) is 0 Å². The van der Waals surface area contributed by atoms with Gasteiger partial charge in [-0.3, -0.25) is 0 Å². The van der Waals surface area contributed by atoms with Crippen LogP contribution in [0.4, 0.5) is 0 Å². The summed E-state index contributed by atoms with van der Waals surface area (Å²) >= 11 is 0. The highest BCUT2D eigenvalue weighted by molar-refractivity contribution is 5.64. The van der Waals surface area contributed by atoms with Crippen LogP contribution in [0.15, 0.2) is 6.20 Å². The van der Waals surface area contributed by atoms with Crippen molar-refractivity contribution in [2.75, 3.05) is 0 Å². The Hall–Kier alpha value is -1.45. The largest absolute Gasteiger partial charge is 0.325 e. The molecular weight excluding hydrogens is 188 g/mol. The molecule has 0 fully saturated rings. The van der Waals surface area contributed by atoms with Gasteiger partial charge in [0.1, 0.15) is 5.82 Å². The molecule has 0 spiro atoms. The van der Waals surface area contributed by atoms with E-state index in [0.29, 0.717) is 5.65 Å². The van der Waals surface area contributed by atoms with Gasteiger partial charge in [-0.15, -0.1) is 0 Å². The molecule has 0 aliphatic carbocycles. The number of aromatic nitrogens is 4. The third kappa shape index (κ3) is 3.65. The van der Waals surface area contributed by atoms with Crippen molar-refractivity contribution in [3.05, 3.63) is 17.7 Å². The Morgan fingerprint density at radius 2 is 1.60 bits per heavy atom. The molecule has 0 radical (unpaired) electrons. The minimum atomic E-state index is 0.688. The standard InChI is InChI=1S/C7H8N4.2C2H6/c1-4-3-8-6-7(9-4)11-5(2)10-6;2*1-2/h3H,1-2H3,(H,8,9,10,11);2*1-2H3. The van der Waals surface area contributed by atoms with Crippen molar-refractivity contribution in [1.82, 2.24) is 19.9 Å². The zero-order chi connectivity index (χ0) is 11.8. The fourth-order valence-electron chi connectivity index (χ4n) is 0.995. The van der Waals surface area contributed by atoms with Crippen molar-refractivity contribution in [1.29, 1.82) is 0 Å². The number of hydrogen-bond donors (Lipinski definition) is 1. The molecule has 0 aliphatic heterocycles. The first kappa shape index (κ1) is 13.5. The molecular formula is C11H20N4.